The van der Waals surface area contributed by atoms with E-state index in [1.807, 2.05) is 0 Å². The van der Waals surface area contributed by atoms with Gasteiger partial charge in [0.2, 0.25) is 0 Å². The molecule has 0 amide bonds. The lowest BCUT2D eigenvalue weighted by molar-refractivity contribution is 0.585. The molecule has 1 rings (SSSR count). The van der Waals surface area contributed by atoms with E-state index in [1.165, 1.54) is 5.56 Å². The molecule has 0 unspecified atom stereocenters. The first-order valence-electron chi connectivity index (χ1n) is 7.03. The lowest BCUT2D eigenvalue weighted by atomic mass is 10.1. The van der Waals surface area contributed by atoms with Gasteiger partial charge in [-0.2, -0.15) is 0 Å². The molecule has 0 aliphatic heterocycles. The second kappa shape index (κ2) is 7.37. The van der Waals surface area contributed by atoms with Crippen LogP contribution in [0, 0.1) is 6.92 Å². The molecule has 0 spiro atoms. The summed E-state index contributed by atoms with van der Waals surface area (Å²) in [6.07, 6.45) is 2.32. The maximum atomic E-state index is 4.66. The number of aromatic nitrogens is 1. The molecule has 0 saturated carbocycles. The van der Waals surface area contributed by atoms with Gasteiger partial charge < -0.3 is 10.2 Å². The Hall–Kier alpha value is -1.09. The predicted molar refractivity (Wildman–Crippen MR) is 79.1 cm³/mol. The molecule has 0 atom stereocenters. The van der Waals surface area contributed by atoms with Crippen molar-refractivity contribution in [1.29, 1.82) is 0 Å². The maximum absolute atomic E-state index is 4.66. The van der Waals surface area contributed by atoms with E-state index in [2.05, 4.69) is 62.1 Å². The van der Waals surface area contributed by atoms with Gasteiger partial charge in [0.05, 0.1) is 0 Å². The summed E-state index contributed by atoms with van der Waals surface area (Å²) in [6, 6.07) is 4.94. The number of nitrogens with zero attached hydrogens (tertiary/aromatic N) is 2. The Bertz CT molecular complexity index is 359. The summed E-state index contributed by atoms with van der Waals surface area (Å²) in [5.74, 6) is 1.09. The van der Waals surface area contributed by atoms with Gasteiger partial charge in [-0.1, -0.05) is 20.8 Å². The Balaban J connectivity index is 2.90. The molecular formula is C15H27N3. The molecule has 1 aromatic rings. The van der Waals surface area contributed by atoms with Gasteiger partial charge in [0, 0.05) is 25.3 Å². The van der Waals surface area contributed by atoms with E-state index in [0.29, 0.717) is 6.04 Å². The van der Waals surface area contributed by atoms with E-state index in [-0.39, 0.29) is 0 Å². The van der Waals surface area contributed by atoms with E-state index >= 15 is 0 Å². The minimum absolute atomic E-state index is 0.575. The van der Waals surface area contributed by atoms with Crippen LogP contribution < -0.4 is 10.2 Å². The van der Waals surface area contributed by atoms with Gasteiger partial charge in [-0.3, -0.25) is 0 Å². The first-order chi connectivity index (χ1) is 8.62. The summed E-state index contributed by atoms with van der Waals surface area (Å²) >= 11 is 0. The molecule has 0 aromatic carbocycles. The predicted octanol–water partition coefficient (Wildman–Crippen LogP) is 3.12. The average Bonchev–Trinajstić information content (AvgIpc) is 2.37. The van der Waals surface area contributed by atoms with Gasteiger partial charge in [-0.25, -0.2) is 4.98 Å². The number of hydrogen-bond acceptors (Lipinski definition) is 3. The average molecular weight is 249 g/mol. The molecular weight excluding hydrogens is 222 g/mol. The van der Waals surface area contributed by atoms with Gasteiger partial charge in [0.1, 0.15) is 5.82 Å². The normalized spacial score (nSPS) is 11.0. The number of pyridine rings is 1. The maximum Gasteiger partial charge on any atom is 0.129 e. The summed E-state index contributed by atoms with van der Waals surface area (Å²) in [4.78, 5) is 6.96. The minimum atomic E-state index is 0.575. The highest BCUT2D eigenvalue weighted by Gasteiger charge is 2.13. The minimum Gasteiger partial charge on any atom is -0.357 e. The van der Waals surface area contributed by atoms with Crippen molar-refractivity contribution in [2.75, 3.05) is 18.5 Å². The standard InChI is InChI=1S/C15H27N3/c1-6-14(7-2)18(5)15-10-13(11-16-8-3)9-12(4)17-15/h9-10,14,16H,6-8,11H2,1-5H3. The first kappa shape index (κ1) is 15.0. The summed E-state index contributed by atoms with van der Waals surface area (Å²) < 4.78 is 0. The smallest absolute Gasteiger partial charge is 0.129 e. The molecule has 18 heavy (non-hydrogen) atoms. The quantitative estimate of drug-likeness (QED) is 0.804. The van der Waals surface area contributed by atoms with Crippen molar-refractivity contribution in [2.24, 2.45) is 0 Å². The second-order valence-corrected chi connectivity index (χ2v) is 4.84. The Morgan fingerprint density at radius 3 is 2.44 bits per heavy atom. The SMILES string of the molecule is CCNCc1cc(C)nc(N(C)C(CC)CC)c1. The van der Waals surface area contributed by atoms with Crippen molar-refractivity contribution in [1.82, 2.24) is 10.3 Å². The van der Waals surface area contributed by atoms with Crippen molar-refractivity contribution >= 4 is 5.82 Å². The van der Waals surface area contributed by atoms with Crippen molar-refractivity contribution in [3.05, 3.63) is 23.4 Å². The molecule has 0 fully saturated rings. The van der Waals surface area contributed by atoms with Crippen LogP contribution in [-0.2, 0) is 6.54 Å². The zero-order valence-corrected chi connectivity index (χ0v) is 12.5. The molecule has 3 heteroatoms. The van der Waals surface area contributed by atoms with Gasteiger partial charge in [-0.05, 0) is 44.0 Å². The van der Waals surface area contributed by atoms with Crippen LogP contribution in [0.15, 0.2) is 12.1 Å². The molecule has 102 valence electrons. The summed E-state index contributed by atoms with van der Waals surface area (Å²) in [6.45, 7) is 10.6. The Morgan fingerprint density at radius 1 is 1.22 bits per heavy atom. The fraction of sp³-hybridized carbons (Fsp3) is 0.667. The topological polar surface area (TPSA) is 28.2 Å². The lowest BCUT2D eigenvalue weighted by Gasteiger charge is -2.28. The number of nitrogens with one attached hydrogen (secondary N) is 1. The van der Waals surface area contributed by atoms with Crippen molar-refractivity contribution in [3.63, 3.8) is 0 Å². The summed E-state index contributed by atoms with van der Waals surface area (Å²) in [7, 11) is 2.15. The lowest BCUT2D eigenvalue weighted by Crippen LogP contribution is -2.31. The van der Waals surface area contributed by atoms with Crippen molar-refractivity contribution in [2.45, 2.75) is 53.1 Å². The van der Waals surface area contributed by atoms with Crippen LogP contribution in [0.5, 0.6) is 0 Å². The zero-order valence-electron chi connectivity index (χ0n) is 12.5. The molecule has 1 aromatic heterocycles. The molecule has 0 radical (unpaired) electrons. The highest BCUT2D eigenvalue weighted by molar-refractivity contribution is 5.42. The van der Waals surface area contributed by atoms with Crippen LogP contribution in [-0.4, -0.2) is 24.6 Å². The highest BCUT2D eigenvalue weighted by Crippen LogP contribution is 2.18. The monoisotopic (exact) mass is 249 g/mol. The van der Waals surface area contributed by atoms with Crippen LogP contribution in [0.3, 0.4) is 0 Å². The van der Waals surface area contributed by atoms with Crippen LogP contribution in [0.2, 0.25) is 0 Å². The van der Waals surface area contributed by atoms with Gasteiger partial charge in [0.15, 0.2) is 0 Å². The van der Waals surface area contributed by atoms with E-state index in [1.54, 1.807) is 0 Å². The van der Waals surface area contributed by atoms with Crippen LogP contribution in [0.25, 0.3) is 0 Å². The van der Waals surface area contributed by atoms with Gasteiger partial charge in [-0.15, -0.1) is 0 Å². The first-order valence-corrected chi connectivity index (χ1v) is 7.03. The third-order valence-corrected chi connectivity index (χ3v) is 3.43. The molecule has 1 heterocycles. The Morgan fingerprint density at radius 2 is 1.89 bits per heavy atom. The summed E-state index contributed by atoms with van der Waals surface area (Å²) in [5.41, 5.74) is 2.41. The third kappa shape index (κ3) is 3.98. The van der Waals surface area contributed by atoms with E-state index in [9.17, 15) is 0 Å². The van der Waals surface area contributed by atoms with Gasteiger partial charge >= 0.3 is 0 Å². The van der Waals surface area contributed by atoms with Gasteiger partial charge in [0.25, 0.3) is 0 Å². The number of hydrogen-bond donors (Lipinski definition) is 1. The van der Waals surface area contributed by atoms with Crippen LogP contribution in [0.1, 0.15) is 44.9 Å². The van der Waals surface area contributed by atoms with Crippen molar-refractivity contribution in [3.8, 4) is 0 Å². The van der Waals surface area contributed by atoms with Crippen molar-refractivity contribution < 1.29 is 0 Å². The zero-order chi connectivity index (χ0) is 13.5. The molecule has 1 N–H and O–H groups in total. The Kier molecular flexibility index (Phi) is 6.13. The fourth-order valence-corrected chi connectivity index (χ4v) is 2.30. The number of aryl methyl sites for hydroxylation is 1. The fourth-order valence-electron chi connectivity index (χ4n) is 2.30. The molecule has 0 aliphatic rings. The molecule has 0 bridgehead atoms. The second-order valence-electron chi connectivity index (χ2n) is 4.84. The highest BCUT2D eigenvalue weighted by atomic mass is 15.2. The molecule has 3 nitrogen and oxygen atoms in total. The Labute approximate surface area is 112 Å². The number of rotatable bonds is 7. The van der Waals surface area contributed by atoms with E-state index in [0.717, 1.165) is 37.4 Å². The molecule has 0 saturated heterocycles. The molecule has 0 aliphatic carbocycles. The number of anilines is 1. The van der Waals surface area contributed by atoms with Crippen LogP contribution >= 0.6 is 0 Å². The van der Waals surface area contributed by atoms with Crippen LogP contribution in [0.4, 0.5) is 5.82 Å². The summed E-state index contributed by atoms with van der Waals surface area (Å²) in [5, 5.41) is 3.37. The van der Waals surface area contributed by atoms with E-state index in [4.69, 9.17) is 0 Å². The van der Waals surface area contributed by atoms with E-state index < -0.39 is 0 Å². The largest absolute Gasteiger partial charge is 0.357 e. The third-order valence-electron chi connectivity index (χ3n) is 3.43.